The first-order valence-corrected chi connectivity index (χ1v) is 7.78. The van der Waals surface area contributed by atoms with E-state index in [1.54, 1.807) is 0 Å². The lowest BCUT2D eigenvalue weighted by Crippen LogP contribution is -2.37. The molecule has 0 radical (unpaired) electrons. The number of nitrogens with one attached hydrogen (secondary N) is 1. The second kappa shape index (κ2) is 6.09. The minimum absolute atomic E-state index is 0.459. The summed E-state index contributed by atoms with van der Waals surface area (Å²) >= 11 is 0. The first-order chi connectivity index (χ1) is 8.94. The van der Waals surface area contributed by atoms with Crippen LogP contribution in [0, 0.1) is 25.7 Å². The molecule has 1 aromatic rings. The number of aryl methyl sites for hydroxylation is 2. The molecule has 19 heavy (non-hydrogen) atoms. The van der Waals surface area contributed by atoms with E-state index in [-0.39, 0.29) is 0 Å². The molecule has 0 aromatic heterocycles. The van der Waals surface area contributed by atoms with Crippen LogP contribution in [0.15, 0.2) is 18.2 Å². The van der Waals surface area contributed by atoms with Gasteiger partial charge in [-0.15, -0.1) is 0 Å². The van der Waals surface area contributed by atoms with Crippen LogP contribution in [0.4, 0.5) is 0 Å². The molecule has 0 spiro atoms. The van der Waals surface area contributed by atoms with Gasteiger partial charge in [0.25, 0.3) is 0 Å². The average Bonchev–Trinajstić information content (AvgIpc) is 2.25. The highest BCUT2D eigenvalue weighted by molar-refractivity contribution is 5.30. The highest BCUT2D eigenvalue weighted by Gasteiger charge is 2.24. The van der Waals surface area contributed by atoms with Gasteiger partial charge in [0.15, 0.2) is 0 Å². The van der Waals surface area contributed by atoms with Gasteiger partial charge in [0, 0.05) is 12.1 Å². The first-order valence-electron chi connectivity index (χ1n) is 7.78. The minimum atomic E-state index is 0.459. The monoisotopic (exact) mass is 259 g/mol. The molecule has 2 rings (SSSR count). The maximum absolute atomic E-state index is 3.85. The van der Waals surface area contributed by atoms with Crippen LogP contribution in [0.25, 0.3) is 0 Å². The Bertz CT molecular complexity index is 393. The van der Waals surface area contributed by atoms with Crippen LogP contribution in [0.2, 0.25) is 0 Å². The molecule has 1 nitrogen and oxygen atoms in total. The van der Waals surface area contributed by atoms with Gasteiger partial charge in [-0.3, -0.25) is 0 Å². The lowest BCUT2D eigenvalue weighted by molar-refractivity contribution is 0.228. The van der Waals surface area contributed by atoms with E-state index in [2.05, 4.69) is 58.1 Å². The van der Waals surface area contributed by atoms with E-state index in [1.165, 1.54) is 36.0 Å². The highest BCUT2D eigenvalue weighted by Crippen LogP contribution is 2.30. The Morgan fingerprint density at radius 2 is 1.47 bits per heavy atom. The van der Waals surface area contributed by atoms with Crippen LogP contribution in [0.1, 0.15) is 62.8 Å². The van der Waals surface area contributed by atoms with E-state index >= 15 is 0 Å². The Balaban J connectivity index is 2.01. The molecule has 1 N–H and O–H groups in total. The van der Waals surface area contributed by atoms with Crippen molar-refractivity contribution in [1.29, 1.82) is 0 Å². The van der Waals surface area contributed by atoms with Crippen molar-refractivity contribution in [2.75, 3.05) is 0 Å². The molecule has 1 fully saturated rings. The molecule has 1 saturated carbocycles. The number of hydrogen-bond donors (Lipinski definition) is 1. The van der Waals surface area contributed by atoms with Gasteiger partial charge in [0.05, 0.1) is 0 Å². The zero-order chi connectivity index (χ0) is 14.0. The molecule has 106 valence electrons. The van der Waals surface area contributed by atoms with E-state index in [9.17, 15) is 0 Å². The Hall–Kier alpha value is -0.820. The van der Waals surface area contributed by atoms with Crippen LogP contribution in [-0.4, -0.2) is 6.04 Å². The van der Waals surface area contributed by atoms with E-state index < -0.39 is 0 Å². The van der Waals surface area contributed by atoms with Gasteiger partial charge in [0.1, 0.15) is 0 Å². The molecule has 0 amide bonds. The number of hydrogen-bond acceptors (Lipinski definition) is 1. The van der Waals surface area contributed by atoms with Crippen molar-refractivity contribution in [1.82, 2.24) is 5.32 Å². The Labute approximate surface area is 118 Å². The van der Waals surface area contributed by atoms with Crippen molar-refractivity contribution >= 4 is 0 Å². The molecule has 1 heteroatoms. The lowest BCUT2D eigenvalue weighted by atomic mass is 9.80. The Morgan fingerprint density at radius 1 is 0.947 bits per heavy atom. The third-order valence-corrected chi connectivity index (χ3v) is 4.41. The first kappa shape index (κ1) is 14.6. The fraction of sp³-hybridized carbons (Fsp3) is 0.667. The van der Waals surface area contributed by atoms with Crippen LogP contribution in [0.3, 0.4) is 0 Å². The summed E-state index contributed by atoms with van der Waals surface area (Å²) in [6, 6.07) is 8.04. The van der Waals surface area contributed by atoms with Gasteiger partial charge in [-0.2, -0.15) is 0 Å². The summed E-state index contributed by atoms with van der Waals surface area (Å²) < 4.78 is 0. The maximum atomic E-state index is 3.85. The fourth-order valence-electron chi connectivity index (χ4n) is 3.79. The van der Waals surface area contributed by atoms with Crippen LogP contribution >= 0.6 is 0 Å². The van der Waals surface area contributed by atoms with E-state index in [1.807, 2.05) is 0 Å². The van der Waals surface area contributed by atoms with Crippen molar-refractivity contribution < 1.29 is 0 Å². The molecule has 0 heterocycles. The van der Waals surface area contributed by atoms with E-state index in [4.69, 9.17) is 0 Å². The molecular formula is C18H29N. The van der Waals surface area contributed by atoms with E-state index in [0.717, 1.165) is 11.8 Å². The van der Waals surface area contributed by atoms with Crippen molar-refractivity contribution in [3.8, 4) is 0 Å². The van der Waals surface area contributed by atoms with Gasteiger partial charge < -0.3 is 5.32 Å². The minimum Gasteiger partial charge on any atom is -0.307 e. The SMILES string of the molecule is Cc1cc(C)cc(C(C)NC2CC(C)CC(C)C2)c1. The number of rotatable bonds is 3. The van der Waals surface area contributed by atoms with Crippen molar-refractivity contribution in [3.05, 3.63) is 34.9 Å². The topological polar surface area (TPSA) is 12.0 Å². The molecule has 1 aliphatic carbocycles. The van der Waals surface area contributed by atoms with Crippen LogP contribution in [0.5, 0.6) is 0 Å². The second-order valence-electron chi connectivity index (χ2n) is 6.92. The third kappa shape index (κ3) is 4.07. The third-order valence-electron chi connectivity index (χ3n) is 4.41. The van der Waals surface area contributed by atoms with Crippen molar-refractivity contribution in [3.63, 3.8) is 0 Å². The molecule has 0 aliphatic heterocycles. The van der Waals surface area contributed by atoms with Crippen molar-refractivity contribution in [2.24, 2.45) is 11.8 Å². The summed E-state index contributed by atoms with van der Waals surface area (Å²) in [4.78, 5) is 0. The summed E-state index contributed by atoms with van der Waals surface area (Å²) in [5.74, 6) is 1.74. The quantitative estimate of drug-likeness (QED) is 0.824. The maximum Gasteiger partial charge on any atom is 0.0294 e. The van der Waals surface area contributed by atoms with Gasteiger partial charge in [-0.25, -0.2) is 0 Å². The van der Waals surface area contributed by atoms with Gasteiger partial charge >= 0.3 is 0 Å². The smallest absolute Gasteiger partial charge is 0.0294 e. The molecule has 3 unspecified atom stereocenters. The highest BCUT2D eigenvalue weighted by atomic mass is 14.9. The fourth-order valence-corrected chi connectivity index (χ4v) is 3.79. The number of benzene rings is 1. The Kier molecular flexibility index (Phi) is 4.67. The summed E-state index contributed by atoms with van der Waals surface area (Å²) in [5, 5.41) is 3.85. The second-order valence-corrected chi connectivity index (χ2v) is 6.92. The normalized spacial score (nSPS) is 29.2. The Morgan fingerprint density at radius 3 is 2.00 bits per heavy atom. The average molecular weight is 259 g/mol. The summed E-state index contributed by atoms with van der Waals surface area (Å²) in [6.45, 7) is 11.5. The molecule has 3 atom stereocenters. The molecule has 1 aliphatic rings. The van der Waals surface area contributed by atoms with E-state index in [0.29, 0.717) is 12.1 Å². The largest absolute Gasteiger partial charge is 0.307 e. The zero-order valence-corrected chi connectivity index (χ0v) is 13.2. The summed E-state index contributed by atoms with van der Waals surface area (Å²) in [5.41, 5.74) is 4.17. The summed E-state index contributed by atoms with van der Waals surface area (Å²) in [7, 11) is 0. The van der Waals surface area contributed by atoms with Gasteiger partial charge in [0.2, 0.25) is 0 Å². The zero-order valence-electron chi connectivity index (χ0n) is 13.2. The lowest BCUT2D eigenvalue weighted by Gasteiger charge is -2.34. The predicted molar refractivity (Wildman–Crippen MR) is 83.4 cm³/mol. The van der Waals surface area contributed by atoms with Crippen LogP contribution in [-0.2, 0) is 0 Å². The molecule has 0 saturated heterocycles. The molecule has 1 aromatic carbocycles. The molecule has 0 bridgehead atoms. The predicted octanol–water partition coefficient (Wildman–Crippen LogP) is 4.78. The summed E-state index contributed by atoms with van der Waals surface area (Å²) in [6.07, 6.45) is 4.06. The van der Waals surface area contributed by atoms with Crippen molar-refractivity contribution in [2.45, 2.75) is 66.0 Å². The molecular weight excluding hydrogens is 230 g/mol. The standard InChI is InChI=1S/C18H29N/c1-12-6-13(2)9-17(8-12)16(5)19-18-10-14(3)7-15(4)11-18/h6,8-9,14-16,18-19H,7,10-11H2,1-5H3. The van der Waals surface area contributed by atoms with Gasteiger partial charge in [-0.05, 0) is 57.4 Å². The van der Waals surface area contributed by atoms with Crippen LogP contribution < -0.4 is 5.32 Å². The van der Waals surface area contributed by atoms with Gasteiger partial charge in [-0.1, -0.05) is 43.2 Å².